The Labute approximate surface area is 113 Å². The second-order valence-corrected chi connectivity index (χ2v) is 5.78. The molecule has 2 heteroatoms. The monoisotopic (exact) mass is 257 g/mol. The molecule has 3 rings (SSSR count). The molecule has 1 heterocycles. The van der Waals surface area contributed by atoms with E-state index >= 15 is 0 Å². The Kier molecular flexibility index (Phi) is 3.48. The third-order valence-corrected chi connectivity index (χ3v) is 4.51. The van der Waals surface area contributed by atoms with Gasteiger partial charge in [-0.1, -0.05) is 31.2 Å². The molecule has 0 bridgehead atoms. The molecule has 2 atom stereocenters. The molecule has 1 aliphatic carbocycles. The summed E-state index contributed by atoms with van der Waals surface area (Å²) >= 11 is 1.79. The van der Waals surface area contributed by atoms with Crippen LogP contribution in [-0.4, -0.2) is 6.54 Å². The van der Waals surface area contributed by atoms with Crippen LogP contribution in [0.1, 0.15) is 42.0 Å². The van der Waals surface area contributed by atoms with E-state index in [2.05, 4.69) is 53.3 Å². The van der Waals surface area contributed by atoms with Crippen molar-refractivity contribution in [2.45, 2.75) is 31.7 Å². The number of benzene rings is 1. The predicted octanol–water partition coefficient (Wildman–Crippen LogP) is 4.13. The van der Waals surface area contributed by atoms with Crippen LogP contribution in [0.5, 0.6) is 0 Å². The highest BCUT2D eigenvalue weighted by Gasteiger charge is 2.33. The van der Waals surface area contributed by atoms with E-state index in [1.807, 2.05) is 0 Å². The minimum atomic E-state index is 0.492. The van der Waals surface area contributed by atoms with Gasteiger partial charge in [0.1, 0.15) is 0 Å². The van der Waals surface area contributed by atoms with Gasteiger partial charge in [-0.2, -0.15) is 11.3 Å². The Hall–Kier alpha value is -1.12. The molecule has 1 aliphatic rings. The van der Waals surface area contributed by atoms with Gasteiger partial charge in [0, 0.05) is 12.0 Å². The Morgan fingerprint density at radius 2 is 2.22 bits per heavy atom. The lowest BCUT2D eigenvalue weighted by molar-refractivity contribution is 0.412. The summed E-state index contributed by atoms with van der Waals surface area (Å²) in [4.78, 5) is 0. The van der Waals surface area contributed by atoms with Gasteiger partial charge in [0.2, 0.25) is 0 Å². The van der Waals surface area contributed by atoms with Gasteiger partial charge in [0.25, 0.3) is 0 Å². The van der Waals surface area contributed by atoms with Crippen molar-refractivity contribution in [1.82, 2.24) is 5.32 Å². The Bertz CT molecular complexity index is 504. The van der Waals surface area contributed by atoms with Crippen molar-refractivity contribution < 1.29 is 0 Å². The molecule has 1 nitrogen and oxygen atoms in total. The van der Waals surface area contributed by atoms with Crippen LogP contribution >= 0.6 is 11.3 Å². The molecule has 1 N–H and O–H groups in total. The lowest BCUT2D eigenvalue weighted by Crippen LogP contribution is -2.33. The second-order valence-electron chi connectivity index (χ2n) is 5.00. The van der Waals surface area contributed by atoms with Crippen LogP contribution in [0.25, 0.3) is 0 Å². The fourth-order valence-electron chi connectivity index (χ4n) is 2.84. The van der Waals surface area contributed by atoms with E-state index in [1.54, 1.807) is 11.3 Å². The van der Waals surface area contributed by atoms with Crippen molar-refractivity contribution in [2.75, 3.05) is 6.54 Å². The van der Waals surface area contributed by atoms with Crippen molar-refractivity contribution in [3.05, 3.63) is 57.8 Å². The summed E-state index contributed by atoms with van der Waals surface area (Å²) in [6.07, 6.45) is 2.41. The molecule has 0 aliphatic heterocycles. The van der Waals surface area contributed by atoms with Crippen molar-refractivity contribution >= 4 is 11.3 Å². The van der Waals surface area contributed by atoms with Gasteiger partial charge in [0.05, 0.1) is 0 Å². The molecule has 2 aromatic rings. The maximum absolute atomic E-state index is 3.72. The average Bonchev–Trinajstić information content (AvgIpc) is 2.88. The van der Waals surface area contributed by atoms with Crippen molar-refractivity contribution in [3.63, 3.8) is 0 Å². The maximum Gasteiger partial charge on any atom is 0.0401 e. The Morgan fingerprint density at radius 3 is 2.94 bits per heavy atom. The molecule has 0 fully saturated rings. The van der Waals surface area contributed by atoms with Crippen molar-refractivity contribution in [3.8, 4) is 0 Å². The molecule has 0 saturated heterocycles. The Balaban J connectivity index is 1.83. The minimum absolute atomic E-state index is 0.492. The topological polar surface area (TPSA) is 12.0 Å². The second kappa shape index (κ2) is 5.25. The van der Waals surface area contributed by atoms with Crippen LogP contribution in [0.2, 0.25) is 0 Å². The highest BCUT2D eigenvalue weighted by Crippen LogP contribution is 2.43. The van der Waals surface area contributed by atoms with Crippen molar-refractivity contribution in [1.29, 1.82) is 0 Å². The van der Waals surface area contributed by atoms with Gasteiger partial charge in [0.15, 0.2) is 0 Å². The van der Waals surface area contributed by atoms with E-state index in [0.717, 1.165) is 6.54 Å². The lowest BCUT2D eigenvalue weighted by Gasteiger charge is -2.37. The number of nitrogens with one attached hydrogen (secondary N) is 1. The maximum atomic E-state index is 3.72. The highest BCUT2D eigenvalue weighted by atomic mass is 32.1. The normalized spacial score (nSPS) is 19.1. The molecule has 2 unspecified atom stereocenters. The summed E-state index contributed by atoms with van der Waals surface area (Å²) < 4.78 is 0. The first kappa shape index (κ1) is 11.9. The van der Waals surface area contributed by atoms with Crippen LogP contribution in [0.15, 0.2) is 41.1 Å². The number of hydrogen-bond donors (Lipinski definition) is 1. The molecular formula is C16H19NS. The van der Waals surface area contributed by atoms with E-state index in [4.69, 9.17) is 0 Å². The fourth-order valence-corrected chi connectivity index (χ4v) is 3.54. The lowest BCUT2D eigenvalue weighted by atomic mass is 9.72. The van der Waals surface area contributed by atoms with E-state index in [9.17, 15) is 0 Å². The summed E-state index contributed by atoms with van der Waals surface area (Å²) in [6.45, 7) is 3.32. The minimum Gasteiger partial charge on any atom is -0.309 e. The smallest absolute Gasteiger partial charge is 0.0401 e. The van der Waals surface area contributed by atoms with E-state index < -0.39 is 0 Å². The molecule has 0 radical (unpaired) electrons. The van der Waals surface area contributed by atoms with Crippen LogP contribution < -0.4 is 5.32 Å². The predicted molar refractivity (Wildman–Crippen MR) is 78.2 cm³/mol. The van der Waals surface area contributed by atoms with Gasteiger partial charge in [-0.25, -0.2) is 0 Å². The first-order valence-corrected chi connectivity index (χ1v) is 7.67. The number of rotatable bonds is 5. The summed E-state index contributed by atoms with van der Waals surface area (Å²) in [7, 11) is 0. The van der Waals surface area contributed by atoms with Gasteiger partial charge < -0.3 is 5.32 Å². The van der Waals surface area contributed by atoms with Crippen LogP contribution in [0, 0.1) is 0 Å². The first-order chi connectivity index (χ1) is 8.90. The largest absolute Gasteiger partial charge is 0.309 e. The van der Waals surface area contributed by atoms with E-state index in [0.29, 0.717) is 12.0 Å². The van der Waals surface area contributed by atoms with E-state index in [1.165, 1.54) is 29.5 Å². The zero-order chi connectivity index (χ0) is 12.4. The third kappa shape index (κ3) is 2.11. The number of hydrogen-bond acceptors (Lipinski definition) is 2. The summed E-state index contributed by atoms with van der Waals surface area (Å²) in [5, 5.41) is 8.19. The summed E-state index contributed by atoms with van der Waals surface area (Å²) in [5.41, 5.74) is 4.52. The standard InChI is InChI=1S/C16H19NS/c1-2-8-17-16(13-7-9-18-11-13)15-10-12-5-3-4-6-14(12)15/h3-7,9,11,15-17H,2,8,10H2,1H3. The first-order valence-electron chi connectivity index (χ1n) is 6.73. The molecule has 1 aromatic heterocycles. The third-order valence-electron chi connectivity index (χ3n) is 3.81. The molecule has 1 aromatic carbocycles. The SMILES string of the molecule is CCCNC(c1ccsc1)C1Cc2ccccc21. The molecule has 18 heavy (non-hydrogen) atoms. The van der Waals surface area contributed by atoms with E-state index in [-0.39, 0.29) is 0 Å². The van der Waals surface area contributed by atoms with Gasteiger partial charge in [-0.05, 0) is 52.9 Å². The van der Waals surface area contributed by atoms with Crippen LogP contribution in [-0.2, 0) is 6.42 Å². The summed E-state index contributed by atoms with van der Waals surface area (Å²) in [6, 6.07) is 11.6. The zero-order valence-corrected chi connectivity index (χ0v) is 11.5. The quantitative estimate of drug-likeness (QED) is 0.849. The van der Waals surface area contributed by atoms with Crippen LogP contribution in [0.3, 0.4) is 0 Å². The Morgan fingerprint density at radius 1 is 1.33 bits per heavy atom. The number of thiophene rings is 1. The summed E-state index contributed by atoms with van der Waals surface area (Å²) in [5.74, 6) is 0.655. The number of fused-ring (bicyclic) bond motifs is 1. The molecule has 94 valence electrons. The average molecular weight is 257 g/mol. The van der Waals surface area contributed by atoms with Gasteiger partial charge in [-0.15, -0.1) is 0 Å². The van der Waals surface area contributed by atoms with Crippen molar-refractivity contribution in [2.24, 2.45) is 0 Å². The molecule has 0 spiro atoms. The molecule has 0 saturated carbocycles. The zero-order valence-electron chi connectivity index (χ0n) is 10.7. The highest BCUT2D eigenvalue weighted by molar-refractivity contribution is 7.07. The van der Waals surface area contributed by atoms with Gasteiger partial charge in [-0.3, -0.25) is 0 Å². The van der Waals surface area contributed by atoms with Crippen LogP contribution in [0.4, 0.5) is 0 Å². The fraction of sp³-hybridized carbons (Fsp3) is 0.375. The molecular weight excluding hydrogens is 238 g/mol. The molecule has 0 amide bonds. The van der Waals surface area contributed by atoms with Gasteiger partial charge >= 0.3 is 0 Å².